The molecule has 17 nitrogen and oxygen atoms in total. The first-order valence-corrected chi connectivity index (χ1v) is 22.9. The Kier molecular flexibility index (Phi) is 23.9. The van der Waals surface area contributed by atoms with Gasteiger partial charge in [-0.2, -0.15) is 0 Å². The number of carbonyl (C=O) groups excluding carboxylic acids is 1. The molecule has 0 aromatic carbocycles. The van der Waals surface area contributed by atoms with Gasteiger partial charge in [-0.05, 0) is 46.0 Å². The molecule has 0 unspecified atom stereocenters. The van der Waals surface area contributed by atoms with Crippen LogP contribution in [-0.2, 0) is 28.5 Å². The third-order valence-electron chi connectivity index (χ3n) is 12.5. The van der Waals surface area contributed by atoms with Crippen molar-refractivity contribution in [1.82, 2.24) is 0 Å². The molecule has 3 aliphatic rings. The van der Waals surface area contributed by atoms with Crippen LogP contribution < -0.4 is 0 Å². The van der Waals surface area contributed by atoms with E-state index in [1.165, 1.54) is 0 Å². The van der Waals surface area contributed by atoms with E-state index in [1.807, 2.05) is 49.5 Å². The molecule has 3 rings (SSSR count). The number of aliphatic hydroxyl groups is 10. The van der Waals surface area contributed by atoms with Crippen LogP contribution in [0.5, 0.6) is 0 Å². The highest BCUT2D eigenvalue weighted by molar-refractivity contribution is 5.71. The van der Waals surface area contributed by atoms with Gasteiger partial charge < -0.3 is 75.1 Å². The van der Waals surface area contributed by atoms with Crippen molar-refractivity contribution >= 4 is 11.9 Å². The van der Waals surface area contributed by atoms with Gasteiger partial charge in [0, 0.05) is 43.4 Å². The summed E-state index contributed by atoms with van der Waals surface area (Å²) in [5.74, 6) is -7.33. The number of allylic oxidation sites excluding steroid dienone is 10. The third kappa shape index (κ3) is 18.8. The number of rotatable bonds is 3. The van der Waals surface area contributed by atoms with Gasteiger partial charge in [0.05, 0.1) is 73.6 Å². The molecule has 65 heavy (non-hydrogen) atoms. The van der Waals surface area contributed by atoms with Crippen LogP contribution in [0.2, 0.25) is 0 Å². The third-order valence-corrected chi connectivity index (χ3v) is 12.5. The van der Waals surface area contributed by atoms with E-state index in [-0.39, 0.29) is 31.6 Å². The number of aliphatic hydroxyl groups excluding tert-OH is 9. The summed E-state index contributed by atoms with van der Waals surface area (Å²) >= 11 is 0. The van der Waals surface area contributed by atoms with E-state index in [2.05, 4.69) is 0 Å². The number of fused-ring (bicyclic) bond motifs is 2. The Balaban J connectivity index is 1.84. The molecule has 0 amide bonds. The maximum atomic E-state index is 12.6. The van der Waals surface area contributed by atoms with E-state index in [9.17, 15) is 65.8 Å². The first-order valence-electron chi connectivity index (χ1n) is 22.9. The maximum Gasteiger partial charge on any atom is 0.311 e. The zero-order valence-corrected chi connectivity index (χ0v) is 38.3. The molecule has 370 valence electrons. The Morgan fingerprint density at radius 1 is 0.646 bits per heavy atom. The van der Waals surface area contributed by atoms with Crippen molar-refractivity contribution in [3.63, 3.8) is 0 Å². The van der Waals surface area contributed by atoms with Gasteiger partial charge >= 0.3 is 11.9 Å². The lowest BCUT2D eigenvalue weighted by Gasteiger charge is -2.45. The summed E-state index contributed by atoms with van der Waals surface area (Å²) in [6.07, 6.45) is 3.43. The fraction of sp³-hybridized carbons (Fsp3) is 0.708. The van der Waals surface area contributed by atoms with Crippen LogP contribution in [0.3, 0.4) is 0 Å². The second kappa shape index (κ2) is 27.6. The lowest BCUT2D eigenvalue weighted by atomic mass is 9.82. The number of carbonyl (C=O) groups is 2. The van der Waals surface area contributed by atoms with Gasteiger partial charge in [0.1, 0.15) is 18.1 Å². The standard InChI is InChI=1S/C48H76O17/c1-28-18-16-14-12-10-8-6-7-9-11-13-15-17-19-36(64-47-45(58)30(3)44(57)32(5)63-47)25-40-42(46(59)60)39(54)27-48(61,65-40)26-35(51)23-38(53)37(52)21-20-33(49)22-34(50)24-41(55)62-31(4)29(2)43(28)56/h6-7,9,11-19,28-40,42-45,47,49-54,56-58,61H,8,10,20-27H2,1-5H3,(H,59,60)/b7-6+,11-9+,14-12+,15-13+,18-16+,19-17+/t28-,29-,30-,31-,32+,33+,34+,35-,36-,37+,38+,39-,40-,42+,43+,44-,45-,47-,48+/m0/s1. The van der Waals surface area contributed by atoms with Crippen molar-refractivity contribution in [2.24, 2.45) is 23.7 Å². The van der Waals surface area contributed by atoms with Gasteiger partial charge in [-0.1, -0.05) is 93.7 Å². The molecule has 3 heterocycles. The van der Waals surface area contributed by atoms with Crippen molar-refractivity contribution in [3.05, 3.63) is 72.9 Å². The molecule has 11 N–H and O–H groups in total. The van der Waals surface area contributed by atoms with Crippen molar-refractivity contribution in [3.8, 4) is 0 Å². The minimum Gasteiger partial charge on any atom is -0.481 e. The van der Waals surface area contributed by atoms with Gasteiger partial charge in [0.15, 0.2) is 12.1 Å². The smallest absolute Gasteiger partial charge is 0.311 e. The number of hydrogen-bond acceptors (Lipinski definition) is 16. The van der Waals surface area contributed by atoms with E-state index >= 15 is 0 Å². The number of hydrogen-bond donors (Lipinski definition) is 11. The van der Waals surface area contributed by atoms with Crippen molar-refractivity contribution in [2.45, 2.75) is 190 Å². The van der Waals surface area contributed by atoms with Crippen LogP contribution in [0.25, 0.3) is 0 Å². The van der Waals surface area contributed by atoms with Gasteiger partial charge in [-0.15, -0.1) is 0 Å². The Hall–Kier alpha value is -3.14. The summed E-state index contributed by atoms with van der Waals surface area (Å²) in [6, 6.07) is 0. The highest BCUT2D eigenvalue weighted by Gasteiger charge is 2.51. The summed E-state index contributed by atoms with van der Waals surface area (Å²) in [4.78, 5) is 25.1. The van der Waals surface area contributed by atoms with Crippen molar-refractivity contribution in [1.29, 1.82) is 0 Å². The number of carboxylic acid groups (broad SMARTS) is 1. The molecular formula is C48H76O17. The molecule has 0 aliphatic carbocycles. The van der Waals surface area contributed by atoms with Crippen LogP contribution in [0.1, 0.15) is 98.8 Å². The SMILES string of the molecule is C[C@@H]1[C@H](O)[C@H](O[C@H]2/C=C/C=C/C=C/C=C/CC/C=C/C=C/[C@H](C)[C@@H](O)[C@@H](C)[C@H](C)OC(=O)C[C@H](O)C[C@H](O)CC[C@@H](O)[C@H](O)C[C@H](O)C[C@]3(O)C[C@H](O)[C@@H](C(=O)O)[C@H](C2)O3)O[C@H](C)[C@H]1O. The number of ether oxygens (including phenoxy) is 4. The molecule has 0 spiro atoms. The quantitative estimate of drug-likeness (QED) is 0.181. The second-order valence-corrected chi connectivity index (χ2v) is 18.1. The molecule has 2 saturated heterocycles. The summed E-state index contributed by atoms with van der Waals surface area (Å²) < 4.78 is 23.4. The zero-order chi connectivity index (χ0) is 48.4. The first-order chi connectivity index (χ1) is 30.6. The van der Waals surface area contributed by atoms with E-state index in [4.69, 9.17) is 18.9 Å². The number of esters is 1. The molecule has 17 heteroatoms. The van der Waals surface area contributed by atoms with Crippen LogP contribution in [0.15, 0.2) is 72.9 Å². The fourth-order valence-electron chi connectivity index (χ4n) is 8.31. The molecule has 3 aliphatic heterocycles. The first kappa shape index (κ1) is 56.2. The molecule has 0 radical (unpaired) electrons. The largest absolute Gasteiger partial charge is 0.481 e. The minimum atomic E-state index is -2.30. The summed E-state index contributed by atoms with van der Waals surface area (Å²) in [5.41, 5.74) is 0. The summed E-state index contributed by atoms with van der Waals surface area (Å²) in [5, 5.41) is 119. The van der Waals surface area contributed by atoms with Crippen molar-refractivity contribution in [2.75, 3.05) is 0 Å². The zero-order valence-electron chi connectivity index (χ0n) is 38.3. The predicted octanol–water partition coefficient (Wildman–Crippen LogP) is 2.24. The van der Waals surface area contributed by atoms with Gasteiger partial charge in [0.2, 0.25) is 0 Å². The molecular weight excluding hydrogens is 849 g/mol. The van der Waals surface area contributed by atoms with Crippen LogP contribution in [0, 0.1) is 23.7 Å². The van der Waals surface area contributed by atoms with Gasteiger partial charge in [-0.3, -0.25) is 9.59 Å². The highest BCUT2D eigenvalue weighted by atomic mass is 16.7. The second-order valence-electron chi connectivity index (χ2n) is 18.1. The molecule has 0 aromatic rings. The van der Waals surface area contributed by atoms with Gasteiger partial charge in [0.25, 0.3) is 0 Å². The Morgan fingerprint density at radius 2 is 1.26 bits per heavy atom. The van der Waals surface area contributed by atoms with E-state index in [1.54, 1.807) is 58.1 Å². The van der Waals surface area contributed by atoms with Crippen molar-refractivity contribution < 1.29 is 84.7 Å². The number of carboxylic acids is 1. The lowest BCUT2D eigenvalue weighted by Crippen LogP contribution is -2.57. The van der Waals surface area contributed by atoms with E-state index in [0.717, 1.165) is 12.8 Å². The average Bonchev–Trinajstić information content (AvgIpc) is 3.21. The Bertz CT molecular complexity index is 1610. The fourth-order valence-corrected chi connectivity index (χ4v) is 8.31. The van der Waals surface area contributed by atoms with Gasteiger partial charge in [-0.25, -0.2) is 0 Å². The Morgan fingerprint density at radius 3 is 1.92 bits per heavy atom. The summed E-state index contributed by atoms with van der Waals surface area (Å²) in [6.45, 7) is 8.50. The molecule has 19 atom stereocenters. The maximum absolute atomic E-state index is 12.6. The van der Waals surface area contributed by atoms with E-state index < -0.39 is 147 Å². The predicted molar refractivity (Wildman–Crippen MR) is 238 cm³/mol. The average molecular weight is 925 g/mol. The lowest BCUT2D eigenvalue weighted by molar-refractivity contribution is -0.311. The Labute approximate surface area is 382 Å². The highest BCUT2D eigenvalue weighted by Crippen LogP contribution is 2.38. The topological polar surface area (TPSA) is 294 Å². The minimum absolute atomic E-state index is 0.0965. The molecule has 0 saturated carbocycles. The van der Waals surface area contributed by atoms with Crippen LogP contribution >= 0.6 is 0 Å². The molecule has 2 bridgehead atoms. The van der Waals surface area contributed by atoms with Crippen LogP contribution in [-0.4, -0.2) is 160 Å². The molecule has 2 fully saturated rings. The number of aliphatic carboxylic acids is 1. The summed E-state index contributed by atoms with van der Waals surface area (Å²) in [7, 11) is 0. The monoisotopic (exact) mass is 925 g/mol. The van der Waals surface area contributed by atoms with E-state index in [0.29, 0.717) is 0 Å². The van der Waals surface area contributed by atoms with Crippen LogP contribution in [0.4, 0.5) is 0 Å². The number of cyclic esters (lactones) is 1. The normalized spacial score (nSPS) is 45.2. The molecule has 0 aromatic heterocycles.